The van der Waals surface area contributed by atoms with E-state index in [2.05, 4.69) is 21.2 Å². The van der Waals surface area contributed by atoms with Gasteiger partial charge in [0.2, 0.25) is 5.91 Å². The standard InChI is InChI=1S/C10H11BrN2O3/c11-6-1-3-7(4-2-6)13-9(15)8(5-14)12-10(13)16/h1-4,8,10,12,14,16H,5H2. The third-order valence-corrected chi connectivity index (χ3v) is 2.95. The van der Waals surface area contributed by atoms with Crippen LogP contribution >= 0.6 is 15.9 Å². The Morgan fingerprint density at radius 2 is 2.00 bits per heavy atom. The van der Waals surface area contributed by atoms with Gasteiger partial charge in [-0.15, -0.1) is 0 Å². The first-order valence-electron chi connectivity index (χ1n) is 4.77. The molecule has 0 spiro atoms. The third kappa shape index (κ3) is 1.97. The SMILES string of the molecule is O=C1C(CO)NC(O)N1c1ccc(Br)cc1. The number of nitrogens with one attached hydrogen (secondary N) is 1. The summed E-state index contributed by atoms with van der Waals surface area (Å²) in [5, 5.41) is 21.2. The Morgan fingerprint density at radius 1 is 1.38 bits per heavy atom. The van der Waals surface area contributed by atoms with Crippen LogP contribution in [0.15, 0.2) is 28.7 Å². The van der Waals surface area contributed by atoms with E-state index in [1.807, 2.05) is 0 Å². The molecule has 6 heteroatoms. The molecule has 1 heterocycles. The van der Waals surface area contributed by atoms with Crippen LogP contribution in [-0.4, -0.2) is 35.1 Å². The molecule has 86 valence electrons. The van der Waals surface area contributed by atoms with Crippen LogP contribution < -0.4 is 10.2 Å². The van der Waals surface area contributed by atoms with Crippen LogP contribution in [0.4, 0.5) is 5.69 Å². The van der Waals surface area contributed by atoms with Gasteiger partial charge in [-0.1, -0.05) is 15.9 Å². The number of hydrogen-bond acceptors (Lipinski definition) is 4. The van der Waals surface area contributed by atoms with Crippen LogP contribution in [-0.2, 0) is 4.79 Å². The molecule has 3 N–H and O–H groups in total. The first-order valence-corrected chi connectivity index (χ1v) is 5.56. The Hall–Kier alpha value is -0.950. The lowest BCUT2D eigenvalue weighted by Gasteiger charge is -2.19. The summed E-state index contributed by atoms with van der Waals surface area (Å²) in [6.07, 6.45) is -1.09. The van der Waals surface area contributed by atoms with Gasteiger partial charge in [-0.3, -0.25) is 15.0 Å². The van der Waals surface area contributed by atoms with Gasteiger partial charge in [0.15, 0.2) is 6.35 Å². The summed E-state index contributed by atoms with van der Waals surface area (Å²) >= 11 is 3.29. The molecule has 2 unspecified atom stereocenters. The zero-order chi connectivity index (χ0) is 11.7. The fourth-order valence-electron chi connectivity index (χ4n) is 1.62. The van der Waals surface area contributed by atoms with Crippen LogP contribution in [0.5, 0.6) is 0 Å². The van der Waals surface area contributed by atoms with Crippen molar-refractivity contribution in [2.75, 3.05) is 11.5 Å². The molecule has 1 amide bonds. The molecule has 1 aliphatic rings. The van der Waals surface area contributed by atoms with Crippen molar-refractivity contribution in [1.29, 1.82) is 0 Å². The van der Waals surface area contributed by atoms with Gasteiger partial charge in [-0.05, 0) is 24.3 Å². The molecule has 1 aliphatic heterocycles. The molecule has 0 radical (unpaired) electrons. The summed E-state index contributed by atoms with van der Waals surface area (Å²) in [5.41, 5.74) is 0.587. The molecular weight excluding hydrogens is 276 g/mol. The van der Waals surface area contributed by atoms with Gasteiger partial charge in [0, 0.05) is 10.2 Å². The minimum Gasteiger partial charge on any atom is -0.394 e. The number of hydrogen-bond donors (Lipinski definition) is 3. The van der Waals surface area contributed by atoms with Gasteiger partial charge in [0.1, 0.15) is 6.04 Å². The van der Waals surface area contributed by atoms with Crippen LogP contribution in [0.1, 0.15) is 0 Å². The smallest absolute Gasteiger partial charge is 0.249 e. The van der Waals surface area contributed by atoms with Crippen molar-refractivity contribution in [3.63, 3.8) is 0 Å². The predicted octanol–water partition coefficient (Wildman–Crippen LogP) is 0.0221. The predicted molar refractivity (Wildman–Crippen MR) is 61.6 cm³/mol. The molecule has 1 saturated heterocycles. The van der Waals surface area contributed by atoms with Gasteiger partial charge >= 0.3 is 0 Å². The molecule has 1 aromatic rings. The second-order valence-electron chi connectivity index (χ2n) is 3.46. The highest BCUT2D eigenvalue weighted by atomic mass is 79.9. The Bertz CT molecular complexity index is 396. The van der Waals surface area contributed by atoms with Crippen LogP contribution in [0, 0.1) is 0 Å². The van der Waals surface area contributed by atoms with E-state index in [0.29, 0.717) is 5.69 Å². The average Bonchev–Trinajstić information content (AvgIpc) is 2.56. The van der Waals surface area contributed by atoms with Crippen molar-refractivity contribution in [3.05, 3.63) is 28.7 Å². The number of anilines is 1. The minimum atomic E-state index is -1.09. The van der Waals surface area contributed by atoms with E-state index in [-0.39, 0.29) is 12.5 Å². The molecule has 2 rings (SSSR count). The second kappa shape index (κ2) is 4.50. The van der Waals surface area contributed by atoms with Crippen molar-refractivity contribution in [3.8, 4) is 0 Å². The minimum absolute atomic E-state index is 0.330. The normalized spacial score (nSPS) is 25.2. The lowest BCUT2D eigenvalue weighted by atomic mass is 10.2. The molecule has 1 fully saturated rings. The number of carbonyl (C=O) groups is 1. The Balaban J connectivity index is 2.27. The highest BCUT2D eigenvalue weighted by Crippen LogP contribution is 2.22. The Kier molecular flexibility index (Phi) is 3.25. The Morgan fingerprint density at radius 3 is 2.50 bits per heavy atom. The van der Waals surface area contributed by atoms with Gasteiger partial charge < -0.3 is 10.2 Å². The van der Waals surface area contributed by atoms with Crippen molar-refractivity contribution >= 4 is 27.5 Å². The van der Waals surface area contributed by atoms with Gasteiger partial charge in [0.25, 0.3) is 0 Å². The monoisotopic (exact) mass is 286 g/mol. The third-order valence-electron chi connectivity index (χ3n) is 2.42. The number of benzene rings is 1. The summed E-state index contributed by atoms with van der Waals surface area (Å²) in [6.45, 7) is -0.330. The fourth-order valence-corrected chi connectivity index (χ4v) is 1.88. The molecular formula is C10H11BrN2O3. The fraction of sp³-hybridized carbons (Fsp3) is 0.300. The highest BCUT2D eigenvalue weighted by Gasteiger charge is 2.38. The average molecular weight is 287 g/mol. The van der Waals surface area contributed by atoms with Gasteiger partial charge in [0.05, 0.1) is 6.61 Å². The number of aliphatic hydroxyl groups is 2. The highest BCUT2D eigenvalue weighted by molar-refractivity contribution is 9.10. The topological polar surface area (TPSA) is 72.8 Å². The van der Waals surface area contributed by atoms with E-state index in [0.717, 1.165) is 4.47 Å². The molecule has 1 aromatic carbocycles. The maximum absolute atomic E-state index is 11.8. The second-order valence-corrected chi connectivity index (χ2v) is 4.38. The van der Waals surface area contributed by atoms with Gasteiger partial charge in [-0.25, -0.2) is 0 Å². The molecule has 5 nitrogen and oxygen atoms in total. The summed E-state index contributed by atoms with van der Waals surface area (Å²) in [5.74, 6) is -0.336. The van der Waals surface area contributed by atoms with E-state index < -0.39 is 12.4 Å². The zero-order valence-corrected chi connectivity index (χ0v) is 9.89. The van der Waals surface area contributed by atoms with Crippen LogP contribution in [0.2, 0.25) is 0 Å². The van der Waals surface area contributed by atoms with E-state index >= 15 is 0 Å². The van der Waals surface area contributed by atoms with E-state index in [9.17, 15) is 9.90 Å². The molecule has 16 heavy (non-hydrogen) atoms. The lowest BCUT2D eigenvalue weighted by Crippen LogP contribution is -2.37. The lowest BCUT2D eigenvalue weighted by molar-refractivity contribution is -0.119. The van der Waals surface area contributed by atoms with Gasteiger partial charge in [-0.2, -0.15) is 0 Å². The number of halogens is 1. The quantitative estimate of drug-likeness (QED) is 0.717. The number of aliphatic hydroxyl groups excluding tert-OH is 2. The van der Waals surface area contributed by atoms with Crippen LogP contribution in [0.25, 0.3) is 0 Å². The molecule has 0 aromatic heterocycles. The van der Waals surface area contributed by atoms with Crippen LogP contribution in [0.3, 0.4) is 0 Å². The molecule has 0 saturated carbocycles. The largest absolute Gasteiger partial charge is 0.394 e. The van der Waals surface area contributed by atoms with E-state index in [4.69, 9.17) is 5.11 Å². The number of rotatable bonds is 2. The maximum Gasteiger partial charge on any atom is 0.249 e. The summed E-state index contributed by atoms with van der Waals surface area (Å²) in [4.78, 5) is 13.0. The van der Waals surface area contributed by atoms with Crippen molar-refractivity contribution < 1.29 is 15.0 Å². The summed E-state index contributed by atoms with van der Waals surface area (Å²) < 4.78 is 0.893. The van der Waals surface area contributed by atoms with Crippen molar-refractivity contribution in [2.24, 2.45) is 0 Å². The first-order chi connectivity index (χ1) is 7.63. The number of nitrogens with zero attached hydrogens (tertiary/aromatic N) is 1. The number of amides is 1. The molecule has 2 atom stereocenters. The summed E-state index contributed by atoms with van der Waals surface area (Å²) in [7, 11) is 0. The van der Waals surface area contributed by atoms with Crippen molar-refractivity contribution in [1.82, 2.24) is 5.32 Å². The van der Waals surface area contributed by atoms with E-state index in [1.165, 1.54) is 4.90 Å². The number of carbonyl (C=O) groups excluding carboxylic acids is 1. The zero-order valence-electron chi connectivity index (χ0n) is 8.30. The first kappa shape index (κ1) is 11.5. The maximum atomic E-state index is 11.8. The molecule has 0 aliphatic carbocycles. The molecule has 0 bridgehead atoms. The Labute approximate surface area is 101 Å². The van der Waals surface area contributed by atoms with Crippen molar-refractivity contribution in [2.45, 2.75) is 12.4 Å². The summed E-state index contributed by atoms with van der Waals surface area (Å²) in [6, 6.07) is 6.25. The van der Waals surface area contributed by atoms with E-state index in [1.54, 1.807) is 24.3 Å².